The highest BCUT2D eigenvalue weighted by molar-refractivity contribution is 5.95. The van der Waals surface area contributed by atoms with Crippen molar-refractivity contribution >= 4 is 11.9 Å². The molecule has 0 aromatic heterocycles. The number of amides is 3. The van der Waals surface area contributed by atoms with Crippen LogP contribution in [0.15, 0.2) is 48.5 Å². The standard InChI is InChI=1S/C16H15N3O4/c20-15(12-4-2-1-3-5-12)18-19-16(21)17-9-11-6-7-13-14(8-11)23-10-22-13/h1-8H,9-10H2,(H,18,20)(H2,17,19,21). The maximum atomic E-state index is 11.8. The molecule has 2 aromatic rings. The first kappa shape index (κ1) is 14.7. The number of nitrogens with one attached hydrogen (secondary N) is 3. The molecule has 3 rings (SSSR count). The Labute approximate surface area is 132 Å². The van der Waals surface area contributed by atoms with E-state index in [1.807, 2.05) is 12.1 Å². The van der Waals surface area contributed by atoms with Gasteiger partial charge in [0.2, 0.25) is 6.79 Å². The molecule has 1 heterocycles. The molecule has 2 aromatic carbocycles. The van der Waals surface area contributed by atoms with Crippen molar-refractivity contribution in [2.24, 2.45) is 0 Å². The second-order valence-corrected chi connectivity index (χ2v) is 4.82. The van der Waals surface area contributed by atoms with E-state index in [-0.39, 0.29) is 12.7 Å². The van der Waals surface area contributed by atoms with Gasteiger partial charge in [-0.1, -0.05) is 24.3 Å². The average Bonchev–Trinajstić information content (AvgIpc) is 3.06. The summed E-state index contributed by atoms with van der Waals surface area (Å²) in [6.45, 7) is 0.502. The molecule has 0 unspecified atom stereocenters. The topological polar surface area (TPSA) is 88.7 Å². The number of urea groups is 1. The summed E-state index contributed by atoms with van der Waals surface area (Å²) in [5.41, 5.74) is 5.95. The Balaban J connectivity index is 1.46. The molecule has 1 aliphatic heterocycles. The van der Waals surface area contributed by atoms with Gasteiger partial charge in [-0.3, -0.25) is 10.2 Å². The van der Waals surface area contributed by atoms with E-state index in [0.29, 0.717) is 23.6 Å². The molecule has 0 saturated heterocycles. The number of carbonyl (C=O) groups is 2. The summed E-state index contributed by atoms with van der Waals surface area (Å²) in [6, 6.07) is 13.5. The predicted octanol–water partition coefficient (Wildman–Crippen LogP) is 1.56. The molecule has 0 atom stereocenters. The molecule has 1 aliphatic rings. The third-order valence-electron chi connectivity index (χ3n) is 3.22. The number of hydrogen-bond acceptors (Lipinski definition) is 4. The molecule has 3 N–H and O–H groups in total. The fourth-order valence-electron chi connectivity index (χ4n) is 2.05. The van der Waals surface area contributed by atoms with Crippen molar-refractivity contribution in [1.82, 2.24) is 16.2 Å². The molecule has 23 heavy (non-hydrogen) atoms. The summed E-state index contributed by atoms with van der Waals surface area (Å²) in [7, 11) is 0. The van der Waals surface area contributed by atoms with Crippen LogP contribution in [-0.4, -0.2) is 18.7 Å². The molecule has 118 valence electrons. The van der Waals surface area contributed by atoms with Gasteiger partial charge in [-0.05, 0) is 29.8 Å². The quantitative estimate of drug-likeness (QED) is 0.750. The van der Waals surface area contributed by atoms with Crippen molar-refractivity contribution < 1.29 is 19.1 Å². The lowest BCUT2D eigenvalue weighted by Crippen LogP contribution is -2.46. The lowest BCUT2D eigenvalue weighted by molar-refractivity contribution is 0.0936. The molecular formula is C16H15N3O4. The first-order valence-corrected chi connectivity index (χ1v) is 7.00. The van der Waals surface area contributed by atoms with Gasteiger partial charge >= 0.3 is 6.03 Å². The van der Waals surface area contributed by atoms with Gasteiger partial charge in [-0.25, -0.2) is 10.2 Å². The highest BCUT2D eigenvalue weighted by atomic mass is 16.7. The van der Waals surface area contributed by atoms with Crippen molar-refractivity contribution in [3.63, 3.8) is 0 Å². The molecule has 0 bridgehead atoms. The van der Waals surface area contributed by atoms with Gasteiger partial charge in [0.25, 0.3) is 5.91 Å². The number of hydrazine groups is 1. The molecule has 0 aliphatic carbocycles. The van der Waals surface area contributed by atoms with Crippen LogP contribution in [0.3, 0.4) is 0 Å². The van der Waals surface area contributed by atoms with Crippen LogP contribution in [0, 0.1) is 0 Å². The van der Waals surface area contributed by atoms with E-state index in [1.165, 1.54) is 0 Å². The van der Waals surface area contributed by atoms with Gasteiger partial charge in [-0.2, -0.15) is 0 Å². The summed E-state index contributed by atoms with van der Waals surface area (Å²) in [5, 5.41) is 2.64. The van der Waals surface area contributed by atoms with Crippen molar-refractivity contribution in [2.75, 3.05) is 6.79 Å². The van der Waals surface area contributed by atoms with Crippen molar-refractivity contribution in [2.45, 2.75) is 6.54 Å². The number of fused-ring (bicyclic) bond motifs is 1. The lowest BCUT2D eigenvalue weighted by Gasteiger charge is -2.09. The summed E-state index contributed by atoms with van der Waals surface area (Å²) in [5.74, 6) is 0.958. The molecule has 0 spiro atoms. The number of rotatable bonds is 3. The number of benzene rings is 2. The van der Waals surface area contributed by atoms with E-state index in [2.05, 4.69) is 16.2 Å². The highest BCUT2D eigenvalue weighted by Gasteiger charge is 2.13. The first-order valence-electron chi connectivity index (χ1n) is 7.00. The summed E-state index contributed by atoms with van der Waals surface area (Å²) >= 11 is 0. The van der Waals surface area contributed by atoms with Crippen LogP contribution in [0.5, 0.6) is 11.5 Å². The molecule has 3 amide bonds. The van der Waals surface area contributed by atoms with Crippen LogP contribution in [0.2, 0.25) is 0 Å². The monoisotopic (exact) mass is 313 g/mol. The summed E-state index contributed by atoms with van der Waals surface area (Å²) in [6.07, 6.45) is 0. The van der Waals surface area contributed by atoms with Gasteiger partial charge in [-0.15, -0.1) is 0 Å². The van der Waals surface area contributed by atoms with E-state index in [4.69, 9.17) is 9.47 Å². The minimum atomic E-state index is -0.507. The maximum absolute atomic E-state index is 11.8. The average molecular weight is 313 g/mol. The second-order valence-electron chi connectivity index (χ2n) is 4.82. The van der Waals surface area contributed by atoms with Crippen molar-refractivity contribution in [3.05, 3.63) is 59.7 Å². The van der Waals surface area contributed by atoms with Gasteiger partial charge in [0.1, 0.15) is 0 Å². The first-order chi connectivity index (χ1) is 11.2. The molecule has 7 heteroatoms. The Morgan fingerprint density at radius 3 is 2.57 bits per heavy atom. The Bertz CT molecular complexity index is 719. The Morgan fingerprint density at radius 1 is 0.957 bits per heavy atom. The second kappa shape index (κ2) is 6.69. The van der Waals surface area contributed by atoms with E-state index in [1.54, 1.807) is 36.4 Å². The molecule has 0 saturated carbocycles. The largest absolute Gasteiger partial charge is 0.454 e. The minimum absolute atomic E-state index is 0.207. The third kappa shape index (κ3) is 3.70. The fourth-order valence-corrected chi connectivity index (χ4v) is 2.05. The van der Waals surface area contributed by atoms with Gasteiger partial charge < -0.3 is 14.8 Å². The van der Waals surface area contributed by atoms with E-state index < -0.39 is 6.03 Å². The van der Waals surface area contributed by atoms with Crippen LogP contribution in [0.25, 0.3) is 0 Å². The molecular weight excluding hydrogens is 298 g/mol. The summed E-state index contributed by atoms with van der Waals surface area (Å²) in [4.78, 5) is 23.5. The summed E-state index contributed by atoms with van der Waals surface area (Å²) < 4.78 is 10.5. The van der Waals surface area contributed by atoms with Gasteiger partial charge in [0.05, 0.1) is 0 Å². The van der Waals surface area contributed by atoms with E-state index in [9.17, 15) is 9.59 Å². The zero-order chi connectivity index (χ0) is 16.1. The van der Waals surface area contributed by atoms with Crippen LogP contribution < -0.4 is 25.6 Å². The number of hydrogen-bond donors (Lipinski definition) is 3. The van der Waals surface area contributed by atoms with Crippen molar-refractivity contribution in [1.29, 1.82) is 0 Å². The fraction of sp³-hybridized carbons (Fsp3) is 0.125. The number of carbonyl (C=O) groups excluding carboxylic acids is 2. The zero-order valence-electron chi connectivity index (χ0n) is 12.2. The molecule has 7 nitrogen and oxygen atoms in total. The maximum Gasteiger partial charge on any atom is 0.333 e. The molecule has 0 radical (unpaired) electrons. The SMILES string of the molecule is O=C(NCc1ccc2c(c1)OCO2)NNC(=O)c1ccccc1. The van der Waals surface area contributed by atoms with Crippen LogP contribution in [0.4, 0.5) is 4.79 Å². The lowest BCUT2D eigenvalue weighted by atomic mass is 10.2. The van der Waals surface area contributed by atoms with Crippen molar-refractivity contribution in [3.8, 4) is 11.5 Å². The predicted molar refractivity (Wildman–Crippen MR) is 81.8 cm³/mol. The van der Waals surface area contributed by atoms with Crippen LogP contribution in [0.1, 0.15) is 15.9 Å². The highest BCUT2D eigenvalue weighted by Crippen LogP contribution is 2.32. The Hall–Kier alpha value is -3.22. The Morgan fingerprint density at radius 2 is 1.74 bits per heavy atom. The normalized spacial score (nSPS) is 11.7. The number of ether oxygens (including phenoxy) is 2. The van der Waals surface area contributed by atoms with Crippen LogP contribution in [-0.2, 0) is 6.54 Å². The smallest absolute Gasteiger partial charge is 0.333 e. The van der Waals surface area contributed by atoms with Gasteiger partial charge in [0.15, 0.2) is 11.5 Å². The zero-order valence-corrected chi connectivity index (χ0v) is 12.2. The minimum Gasteiger partial charge on any atom is -0.454 e. The van der Waals surface area contributed by atoms with E-state index in [0.717, 1.165) is 5.56 Å². The van der Waals surface area contributed by atoms with Crippen LogP contribution >= 0.6 is 0 Å². The van der Waals surface area contributed by atoms with E-state index >= 15 is 0 Å². The Kier molecular flexibility index (Phi) is 4.28. The third-order valence-corrected chi connectivity index (χ3v) is 3.22. The molecule has 0 fully saturated rings. The van der Waals surface area contributed by atoms with Gasteiger partial charge in [0, 0.05) is 12.1 Å².